The summed E-state index contributed by atoms with van der Waals surface area (Å²) in [6, 6.07) is 14.3. The molecule has 0 fully saturated rings. The van der Waals surface area contributed by atoms with Crippen LogP contribution in [0.3, 0.4) is 0 Å². The third-order valence-corrected chi connectivity index (χ3v) is 6.84. The van der Waals surface area contributed by atoms with Crippen LogP contribution in [0, 0.1) is 0 Å². The van der Waals surface area contributed by atoms with E-state index < -0.39 is 0 Å². The molecule has 152 valence electrons. The van der Waals surface area contributed by atoms with Gasteiger partial charge in [0.2, 0.25) is 0 Å². The molecular formula is C24H20N6S. The topological polar surface area (TPSA) is 68.5 Å². The summed E-state index contributed by atoms with van der Waals surface area (Å²) in [5.41, 5.74) is 4.60. The largest absolute Gasteiger partial charge is 0.365 e. The summed E-state index contributed by atoms with van der Waals surface area (Å²) >= 11 is 1.81. The van der Waals surface area contributed by atoms with Crippen molar-refractivity contribution in [1.82, 2.24) is 24.7 Å². The number of pyridine rings is 1. The second-order valence-electron chi connectivity index (χ2n) is 7.65. The number of benzene rings is 1. The van der Waals surface area contributed by atoms with Crippen molar-refractivity contribution in [2.24, 2.45) is 0 Å². The lowest BCUT2D eigenvalue weighted by molar-refractivity contribution is 0.879. The summed E-state index contributed by atoms with van der Waals surface area (Å²) < 4.78 is 1.86. The third-order valence-electron chi connectivity index (χ3n) is 5.65. The first-order valence-electron chi connectivity index (χ1n) is 10.4. The molecule has 1 aromatic carbocycles. The zero-order valence-corrected chi connectivity index (χ0v) is 17.6. The molecule has 0 atom stereocenters. The fourth-order valence-corrected chi connectivity index (χ4v) is 5.38. The van der Waals surface area contributed by atoms with Gasteiger partial charge in [-0.1, -0.05) is 12.1 Å². The second-order valence-corrected chi connectivity index (χ2v) is 8.73. The molecule has 31 heavy (non-hydrogen) atoms. The van der Waals surface area contributed by atoms with Crippen LogP contribution >= 0.6 is 11.3 Å². The van der Waals surface area contributed by atoms with E-state index in [1.54, 1.807) is 12.4 Å². The molecule has 5 aromatic rings. The van der Waals surface area contributed by atoms with E-state index in [2.05, 4.69) is 39.7 Å². The maximum absolute atomic E-state index is 4.92. The lowest BCUT2D eigenvalue weighted by Gasteiger charge is -2.11. The van der Waals surface area contributed by atoms with Crippen LogP contribution in [0.25, 0.3) is 27.3 Å². The average Bonchev–Trinajstić information content (AvgIpc) is 3.56. The summed E-state index contributed by atoms with van der Waals surface area (Å²) in [4.78, 5) is 16.6. The zero-order chi connectivity index (χ0) is 20.6. The molecule has 1 aliphatic carbocycles. The Kier molecular flexibility index (Phi) is 4.46. The number of anilines is 1. The number of nitrogens with one attached hydrogen (secondary N) is 1. The summed E-state index contributed by atoms with van der Waals surface area (Å²) in [5.74, 6) is 1.64. The fourth-order valence-electron chi connectivity index (χ4n) is 4.12. The summed E-state index contributed by atoms with van der Waals surface area (Å²) in [7, 11) is 0. The number of aromatic nitrogens is 5. The van der Waals surface area contributed by atoms with E-state index in [4.69, 9.17) is 9.97 Å². The number of aryl methyl sites for hydroxylation is 2. The van der Waals surface area contributed by atoms with Gasteiger partial charge in [-0.3, -0.25) is 4.98 Å². The van der Waals surface area contributed by atoms with Gasteiger partial charge in [0.05, 0.1) is 11.1 Å². The van der Waals surface area contributed by atoms with Gasteiger partial charge in [0.1, 0.15) is 10.6 Å². The SMILES string of the molecule is c1cncc(-c2nc(NCc3ccc(-n4cccn4)cc3)c3c4c(sc3n2)CCC4)c1. The quantitative estimate of drug-likeness (QED) is 0.428. The van der Waals surface area contributed by atoms with Crippen LogP contribution < -0.4 is 5.32 Å². The first kappa shape index (κ1) is 18.2. The highest BCUT2D eigenvalue weighted by atomic mass is 32.1. The number of rotatable bonds is 5. The molecule has 0 spiro atoms. The van der Waals surface area contributed by atoms with E-state index in [1.165, 1.54) is 27.8 Å². The van der Waals surface area contributed by atoms with Crippen LogP contribution in [-0.2, 0) is 19.4 Å². The fraction of sp³-hybridized carbons (Fsp3) is 0.167. The molecule has 0 saturated heterocycles. The van der Waals surface area contributed by atoms with Crippen LogP contribution in [0.15, 0.2) is 67.3 Å². The van der Waals surface area contributed by atoms with E-state index in [9.17, 15) is 0 Å². The number of thiophene rings is 1. The number of hydrogen-bond acceptors (Lipinski definition) is 6. The highest BCUT2D eigenvalue weighted by Gasteiger charge is 2.22. The molecular weight excluding hydrogens is 404 g/mol. The van der Waals surface area contributed by atoms with Crippen molar-refractivity contribution in [3.63, 3.8) is 0 Å². The van der Waals surface area contributed by atoms with Crippen LogP contribution in [0.1, 0.15) is 22.4 Å². The van der Waals surface area contributed by atoms with Crippen LogP contribution in [-0.4, -0.2) is 24.7 Å². The molecule has 4 heterocycles. The molecule has 0 unspecified atom stereocenters. The van der Waals surface area contributed by atoms with Gasteiger partial charge in [0, 0.05) is 41.8 Å². The zero-order valence-electron chi connectivity index (χ0n) is 16.8. The van der Waals surface area contributed by atoms with Crippen molar-refractivity contribution in [3.05, 3.63) is 83.3 Å². The van der Waals surface area contributed by atoms with E-state index in [1.807, 2.05) is 46.6 Å². The Morgan fingerprint density at radius 1 is 1.00 bits per heavy atom. The molecule has 1 N–H and O–H groups in total. The highest BCUT2D eigenvalue weighted by molar-refractivity contribution is 7.19. The summed E-state index contributed by atoms with van der Waals surface area (Å²) in [6.45, 7) is 0.697. The smallest absolute Gasteiger partial charge is 0.164 e. The average molecular weight is 425 g/mol. The van der Waals surface area contributed by atoms with Gasteiger partial charge >= 0.3 is 0 Å². The van der Waals surface area contributed by atoms with Crippen molar-refractivity contribution in [2.45, 2.75) is 25.8 Å². The van der Waals surface area contributed by atoms with Crippen molar-refractivity contribution in [2.75, 3.05) is 5.32 Å². The second kappa shape index (κ2) is 7.59. The van der Waals surface area contributed by atoms with Crippen molar-refractivity contribution in [1.29, 1.82) is 0 Å². The van der Waals surface area contributed by atoms with Crippen LogP contribution in [0.4, 0.5) is 5.82 Å². The molecule has 6 rings (SSSR count). The van der Waals surface area contributed by atoms with Gasteiger partial charge in [-0.15, -0.1) is 11.3 Å². The van der Waals surface area contributed by atoms with Crippen LogP contribution in [0.5, 0.6) is 0 Å². The van der Waals surface area contributed by atoms with Gasteiger partial charge < -0.3 is 5.32 Å². The minimum atomic E-state index is 0.697. The maximum atomic E-state index is 4.92. The molecule has 0 bridgehead atoms. The minimum absolute atomic E-state index is 0.697. The predicted molar refractivity (Wildman–Crippen MR) is 124 cm³/mol. The Morgan fingerprint density at radius 2 is 1.94 bits per heavy atom. The van der Waals surface area contributed by atoms with Crippen molar-refractivity contribution in [3.8, 4) is 17.1 Å². The van der Waals surface area contributed by atoms with E-state index in [0.29, 0.717) is 6.54 Å². The lowest BCUT2D eigenvalue weighted by atomic mass is 10.1. The molecule has 1 aliphatic rings. The predicted octanol–water partition coefficient (Wildman–Crippen LogP) is 5.04. The van der Waals surface area contributed by atoms with Crippen molar-refractivity contribution < 1.29 is 0 Å². The normalized spacial score (nSPS) is 12.9. The standard InChI is InChI=1S/C24H20N6S/c1-5-19-20(6-1)31-24-21(19)23(28-22(29-24)17-4-2-11-25-15-17)26-14-16-7-9-18(10-8-16)30-13-3-12-27-30/h2-4,7-13,15H,1,5-6,14H2,(H,26,28,29). The number of fused-ring (bicyclic) bond motifs is 3. The Balaban J connectivity index is 1.34. The molecule has 7 heteroatoms. The Hall–Kier alpha value is -3.58. The number of nitrogens with zero attached hydrogens (tertiary/aromatic N) is 5. The maximum Gasteiger partial charge on any atom is 0.164 e. The van der Waals surface area contributed by atoms with Crippen LogP contribution in [0.2, 0.25) is 0 Å². The van der Waals surface area contributed by atoms with Gasteiger partial charge in [-0.25, -0.2) is 14.6 Å². The Morgan fingerprint density at radius 3 is 2.74 bits per heavy atom. The van der Waals surface area contributed by atoms with Gasteiger partial charge in [0.15, 0.2) is 5.82 Å². The van der Waals surface area contributed by atoms with E-state index >= 15 is 0 Å². The monoisotopic (exact) mass is 424 g/mol. The van der Waals surface area contributed by atoms with Gasteiger partial charge in [-0.05, 0) is 60.7 Å². The third kappa shape index (κ3) is 3.37. The van der Waals surface area contributed by atoms with Gasteiger partial charge in [0.25, 0.3) is 0 Å². The molecule has 0 amide bonds. The highest BCUT2D eigenvalue weighted by Crippen LogP contribution is 2.40. The molecule has 6 nitrogen and oxygen atoms in total. The molecule has 4 aromatic heterocycles. The molecule has 0 saturated carbocycles. The minimum Gasteiger partial charge on any atom is -0.365 e. The summed E-state index contributed by atoms with van der Waals surface area (Å²) in [6.07, 6.45) is 10.8. The Bertz CT molecular complexity index is 1340. The Labute approximate surface area is 183 Å². The summed E-state index contributed by atoms with van der Waals surface area (Å²) in [5, 5.41) is 9.08. The lowest BCUT2D eigenvalue weighted by Crippen LogP contribution is -2.05. The van der Waals surface area contributed by atoms with E-state index in [-0.39, 0.29) is 0 Å². The first-order chi connectivity index (χ1) is 15.3. The molecule has 0 radical (unpaired) electrons. The number of hydrogen-bond donors (Lipinski definition) is 1. The van der Waals surface area contributed by atoms with Gasteiger partial charge in [-0.2, -0.15) is 5.10 Å². The molecule has 0 aliphatic heterocycles. The first-order valence-corrected chi connectivity index (χ1v) is 11.2. The van der Waals surface area contributed by atoms with Crippen molar-refractivity contribution >= 4 is 27.4 Å². The van der Waals surface area contributed by atoms with E-state index in [0.717, 1.165) is 40.6 Å².